The van der Waals surface area contributed by atoms with E-state index in [4.69, 9.17) is 4.52 Å². The van der Waals surface area contributed by atoms with Crippen LogP contribution in [0.4, 0.5) is 5.13 Å². The number of carbonyl (C=O) groups excluding carboxylic acids is 1. The van der Waals surface area contributed by atoms with Crippen molar-refractivity contribution in [2.45, 2.75) is 17.0 Å². The lowest BCUT2D eigenvalue weighted by Crippen LogP contribution is -2.12. The van der Waals surface area contributed by atoms with Gasteiger partial charge in [0.25, 0.3) is 11.5 Å². The van der Waals surface area contributed by atoms with Crippen molar-refractivity contribution in [1.82, 2.24) is 19.8 Å². The second-order valence-corrected chi connectivity index (χ2v) is 8.93. The van der Waals surface area contributed by atoms with Crippen LogP contribution in [-0.4, -0.2) is 25.7 Å². The predicted octanol–water partition coefficient (Wildman–Crippen LogP) is 4.15. The number of fused-ring (bicyclic) bond motifs is 2. The van der Waals surface area contributed by atoms with Crippen molar-refractivity contribution in [3.63, 3.8) is 0 Å². The van der Waals surface area contributed by atoms with Crippen molar-refractivity contribution in [3.05, 3.63) is 82.0 Å². The number of benzene rings is 2. The fraction of sp³-hybridized carbons (Fsp3) is 0.0952. The van der Waals surface area contributed by atoms with E-state index in [9.17, 15) is 9.59 Å². The average molecular weight is 450 g/mol. The third kappa shape index (κ3) is 3.94. The smallest absolute Gasteiger partial charge is 0.287 e. The normalized spacial score (nSPS) is 11.3. The van der Waals surface area contributed by atoms with Gasteiger partial charge in [0, 0.05) is 23.4 Å². The van der Waals surface area contributed by atoms with Crippen LogP contribution in [0.25, 0.3) is 16.4 Å². The van der Waals surface area contributed by atoms with E-state index in [1.807, 2.05) is 36.4 Å². The Kier molecular flexibility index (Phi) is 5.00. The van der Waals surface area contributed by atoms with E-state index in [1.165, 1.54) is 29.2 Å². The standard InChI is InChI=1S/C21H15N5O3S2/c1-12-9-17-22-14(10-18(27)26(17)29-12)11-30-21-25-24-20(31-21)23-19(28)16-8-4-6-13-5-2-3-7-15(13)16/h2-10H,11H2,1H3,(H,23,24,28). The molecule has 0 aliphatic heterocycles. The van der Waals surface area contributed by atoms with Gasteiger partial charge in [-0.2, -0.15) is 0 Å². The molecule has 0 bridgehead atoms. The minimum absolute atomic E-state index is 0.236. The highest BCUT2D eigenvalue weighted by Crippen LogP contribution is 2.28. The summed E-state index contributed by atoms with van der Waals surface area (Å²) in [4.78, 5) is 29.3. The van der Waals surface area contributed by atoms with Gasteiger partial charge in [-0.25, -0.2) is 4.98 Å². The number of thioether (sulfide) groups is 1. The number of anilines is 1. The van der Waals surface area contributed by atoms with Crippen LogP contribution in [0.1, 0.15) is 21.8 Å². The summed E-state index contributed by atoms with van der Waals surface area (Å²) < 4.78 is 7.12. The number of hydrogen-bond acceptors (Lipinski definition) is 8. The van der Waals surface area contributed by atoms with Gasteiger partial charge in [0.15, 0.2) is 9.99 Å². The van der Waals surface area contributed by atoms with E-state index < -0.39 is 0 Å². The fourth-order valence-electron chi connectivity index (χ4n) is 3.19. The molecule has 31 heavy (non-hydrogen) atoms. The van der Waals surface area contributed by atoms with Crippen molar-refractivity contribution >= 4 is 50.6 Å². The van der Waals surface area contributed by atoms with E-state index in [2.05, 4.69) is 20.5 Å². The number of carbonyl (C=O) groups is 1. The number of hydrogen-bond donors (Lipinski definition) is 1. The third-order valence-corrected chi connectivity index (χ3v) is 6.53. The summed E-state index contributed by atoms with van der Waals surface area (Å²) in [6.45, 7) is 1.76. The van der Waals surface area contributed by atoms with E-state index >= 15 is 0 Å². The van der Waals surface area contributed by atoms with Crippen LogP contribution >= 0.6 is 23.1 Å². The lowest BCUT2D eigenvalue weighted by Gasteiger charge is -2.05. The molecule has 3 heterocycles. The molecule has 154 valence electrons. The van der Waals surface area contributed by atoms with Crippen LogP contribution in [0.5, 0.6) is 0 Å². The molecule has 0 unspecified atom stereocenters. The Morgan fingerprint density at radius 2 is 2.00 bits per heavy atom. The van der Waals surface area contributed by atoms with Crippen molar-refractivity contribution in [2.75, 3.05) is 5.32 Å². The van der Waals surface area contributed by atoms with Gasteiger partial charge in [-0.1, -0.05) is 59.5 Å². The molecule has 0 fully saturated rings. The first kappa shape index (κ1) is 19.5. The van der Waals surface area contributed by atoms with Crippen LogP contribution in [0.15, 0.2) is 68.3 Å². The topological polar surface area (TPSA) is 102 Å². The highest BCUT2D eigenvalue weighted by Gasteiger charge is 2.14. The van der Waals surface area contributed by atoms with Crippen LogP contribution < -0.4 is 10.9 Å². The number of rotatable bonds is 5. The molecule has 0 saturated carbocycles. The minimum Gasteiger partial charge on any atom is -0.375 e. The Labute approximate surface area is 183 Å². The van der Waals surface area contributed by atoms with Crippen molar-refractivity contribution < 1.29 is 9.32 Å². The van der Waals surface area contributed by atoms with Crippen molar-refractivity contribution in [2.24, 2.45) is 0 Å². The molecule has 1 amide bonds. The Bertz CT molecular complexity index is 1480. The average Bonchev–Trinajstić information content (AvgIpc) is 3.37. The summed E-state index contributed by atoms with van der Waals surface area (Å²) in [5, 5.41) is 13.3. The SMILES string of the molecule is Cc1cc2nc(CSc3nnc(NC(=O)c4cccc5ccccc45)s3)cc(=O)n2o1. The highest BCUT2D eigenvalue weighted by atomic mass is 32.2. The van der Waals surface area contributed by atoms with E-state index in [-0.39, 0.29) is 11.5 Å². The molecule has 0 radical (unpaired) electrons. The molecule has 0 aliphatic carbocycles. The maximum absolute atomic E-state index is 12.7. The van der Waals surface area contributed by atoms with Gasteiger partial charge in [-0.3, -0.25) is 14.9 Å². The van der Waals surface area contributed by atoms with Gasteiger partial charge < -0.3 is 4.52 Å². The van der Waals surface area contributed by atoms with Crippen molar-refractivity contribution in [1.29, 1.82) is 0 Å². The minimum atomic E-state index is -0.269. The molecular weight excluding hydrogens is 434 g/mol. The Hall–Kier alpha value is -3.50. The largest absolute Gasteiger partial charge is 0.375 e. The number of amides is 1. The fourth-order valence-corrected chi connectivity index (χ4v) is 4.83. The molecule has 2 aromatic carbocycles. The molecule has 3 aromatic heterocycles. The first-order valence-corrected chi connectivity index (χ1v) is 11.1. The van der Waals surface area contributed by atoms with E-state index in [0.717, 1.165) is 15.3 Å². The maximum atomic E-state index is 12.7. The summed E-state index contributed by atoms with van der Waals surface area (Å²) in [6.07, 6.45) is 0. The van der Waals surface area contributed by atoms with Crippen LogP contribution in [0, 0.1) is 6.92 Å². The van der Waals surface area contributed by atoms with Gasteiger partial charge >= 0.3 is 0 Å². The number of aromatic nitrogens is 4. The lowest BCUT2D eigenvalue weighted by atomic mass is 10.0. The molecule has 0 aliphatic rings. The molecule has 5 rings (SSSR count). The second-order valence-electron chi connectivity index (χ2n) is 6.73. The summed E-state index contributed by atoms with van der Waals surface area (Å²) >= 11 is 2.67. The zero-order chi connectivity index (χ0) is 21.4. The molecule has 5 aromatic rings. The zero-order valence-corrected chi connectivity index (χ0v) is 17.9. The molecule has 0 saturated heterocycles. The molecule has 0 spiro atoms. The van der Waals surface area contributed by atoms with Gasteiger partial charge in [0.2, 0.25) is 5.13 Å². The Morgan fingerprint density at radius 3 is 2.90 bits per heavy atom. The van der Waals surface area contributed by atoms with Gasteiger partial charge in [0.05, 0.1) is 5.69 Å². The first-order chi connectivity index (χ1) is 15.1. The summed E-state index contributed by atoms with van der Waals surface area (Å²) in [5.41, 5.74) is 1.40. The molecular formula is C21H15N5O3S2. The number of aryl methyl sites for hydroxylation is 1. The van der Waals surface area contributed by atoms with Gasteiger partial charge in [-0.05, 0) is 23.8 Å². The van der Waals surface area contributed by atoms with Crippen LogP contribution in [0.3, 0.4) is 0 Å². The Morgan fingerprint density at radius 1 is 1.16 bits per heavy atom. The van der Waals surface area contributed by atoms with Crippen LogP contribution in [0.2, 0.25) is 0 Å². The molecule has 1 N–H and O–H groups in total. The summed E-state index contributed by atoms with van der Waals surface area (Å²) in [7, 11) is 0. The quantitative estimate of drug-likeness (QED) is 0.318. The summed E-state index contributed by atoms with van der Waals surface area (Å²) in [6, 6.07) is 16.5. The predicted molar refractivity (Wildman–Crippen MR) is 120 cm³/mol. The molecule has 0 atom stereocenters. The van der Waals surface area contributed by atoms with E-state index in [1.54, 1.807) is 19.1 Å². The Balaban J connectivity index is 1.29. The zero-order valence-electron chi connectivity index (χ0n) is 16.2. The lowest BCUT2D eigenvalue weighted by molar-refractivity contribution is 0.102. The molecule has 10 heteroatoms. The second kappa shape index (κ2) is 7.97. The van der Waals surface area contributed by atoms with E-state index in [0.29, 0.717) is 37.9 Å². The maximum Gasteiger partial charge on any atom is 0.287 e. The monoisotopic (exact) mass is 449 g/mol. The highest BCUT2D eigenvalue weighted by molar-refractivity contribution is 8.00. The number of nitrogens with zero attached hydrogens (tertiary/aromatic N) is 4. The van der Waals surface area contributed by atoms with Gasteiger partial charge in [0.1, 0.15) is 5.76 Å². The summed E-state index contributed by atoms with van der Waals surface area (Å²) in [5.74, 6) is 0.826. The third-order valence-electron chi connectivity index (χ3n) is 4.53. The van der Waals surface area contributed by atoms with Gasteiger partial charge in [-0.15, -0.1) is 14.8 Å². The van der Waals surface area contributed by atoms with Crippen molar-refractivity contribution in [3.8, 4) is 0 Å². The first-order valence-electron chi connectivity index (χ1n) is 9.32. The van der Waals surface area contributed by atoms with Crippen LogP contribution in [-0.2, 0) is 5.75 Å². The number of nitrogens with one attached hydrogen (secondary N) is 1. The molecule has 8 nitrogen and oxygen atoms in total.